The van der Waals surface area contributed by atoms with Crippen molar-refractivity contribution in [2.24, 2.45) is 0 Å². The van der Waals surface area contributed by atoms with Gasteiger partial charge in [0.2, 0.25) is 0 Å². The Bertz CT molecular complexity index is 249. The van der Waals surface area contributed by atoms with Crippen molar-refractivity contribution in [2.75, 3.05) is 0 Å². The molecule has 58 valence electrons. The fraction of sp³-hybridized carbons (Fsp3) is 0.300. The van der Waals surface area contributed by atoms with E-state index in [0.717, 1.165) is 11.1 Å². The number of rotatable bonds is 2. The number of hydrogen-bond donors (Lipinski definition) is 0. The molecule has 0 aliphatic heterocycles. The first kappa shape index (κ1) is 9.71. The van der Waals surface area contributed by atoms with Gasteiger partial charge in [-0.15, -0.1) is 6.42 Å². The number of hydrogen-bond acceptors (Lipinski definition) is 1. The van der Waals surface area contributed by atoms with Gasteiger partial charge < -0.3 is 0 Å². The lowest BCUT2D eigenvalue weighted by molar-refractivity contribution is -0.113. The van der Waals surface area contributed by atoms with Gasteiger partial charge in [-0.05, 0) is 31.9 Å². The van der Waals surface area contributed by atoms with Gasteiger partial charge in [0, 0.05) is 0 Å². The Balaban J connectivity index is 4.38. The molecule has 0 spiro atoms. The maximum Gasteiger partial charge on any atom is 0.155 e. The average Bonchev–Trinajstić information content (AvgIpc) is 1.99. The Morgan fingerprint density at radius 2 is 1.82 bits per heavy atom. The minimum absolute atomic E-state index is 0.0751. The van der Waals surface area contributed by atoms with E-state index in [1.54, 1.807) is 19.1 Å². The fourth-order valence-corrected chi connectivity index (χ4v) is 0.415. The summed E-state index contributed by atoms with van der Waals surface area (Å²) in [5, 5.41) is 0. The molecular weight excluding hydrogens is 136 g/mol. The third-order valence-electron chi connectivity index (χ3n) is 1.37. The van der Waals surface area contributed by atoms with Crippen molar-refractivity contribution >= 4 is 5.78 Å². The minimum Gasteiger partial charge on any atom is -0.295 e. The molecule has 0 aromatic carbocycles. The molecule has 0 aliphatic rings. The highest BCUT2D eigenvalue weighted by atomic mass is 16.1. The monoisotopic (exact) mass is 148 g/mol. The molecule has 0 aromatic rings. The molecule has 11 heavy (non-hydrogen) atoms. The van der Waals surface area contributed by atoms with Gasteiger partial charge in [0.1, 0.15) is 0 Å². The second kappa shape index (κ2) is 4.51. The van der Waals surface area contributed by atoms with E-state index in [9.17, 15) is 4.79 Å². The van der Waals surface area contributed by atoms with E-state index in [2.05, 4.69) is 5.92 Å². The van der Waals surface area contributed by atoms with Crippen molar-refractivity contribution in [3.8, 4) is 12.3 Å². The summed E-state index contributed by atoms with van der Waals surface area (Å²) in [7, 11) is 0. The van der Waals surface area contributed by atoms with E-state index >= 15 is 0 Å². The van der Waals surface area contributed by atoms with Gasteiger partial charge in [0.05, 0.1) is 0 Å². The quantitative estimate of drug-likeness (QED) is 0.333. The molecule has 0 aliphatic carbocycles. The van der Waals surface area contributed by atoms with E-state index < -0.39 is 0 Å². The number of Topliss-reactive ketones (excluding diaryl/α,β-unsaturated/α-hetero) is 1. The smallest absolute Gasteiger partial charge is 0.155 e. The van der Waals surface area contributed by atoms with Crippen molar-refractivity contribution in [3.05, 3.63) is 23.3 Å². The van der Waals surface area contributed by atoms with Crippen LogP contribution in [0, 0.1) is 12.3 Å². The van der Waals surface area contributed by atoms with Gasteiger partial charge in [0.15, 0.2) is 5.78 Å². The van der Waals surface area contributed by atoms with Crippen LogP contribution in [0.4, 0.5) is 0 Å². The molecule has 0 aromatic heterocycles. The average molecular weight is 148 g/mol. The van der Waals surface area contributed by atoms with Crippen LogP contribution in [0.1, 0.15) is 20.8 Å². The predicted octanol–water partition coefficient (Wildman–Crippen LogP) is 2.10. The number of carbonyl (C=O) groups excluding carboxylic acids is 1. The summed E-state index contributed by atoms with van der Waals surface area (Å²) in [5.74, 6) is 2.54. The first-order chi connectivity index (χ1) is 5.07. The summed E-state index contributed by atoms with van der Waals surface area (Å²) in [6.07, 6.45) is 8.60. The summed E-state index contributed by atoms with van der Waals surface area (Å²) in [4.78, 5) is 10.7. The number of allylic oxidation sites excluding steroid dienone is 4. The van der Waals surface area contributed by atoms with Crippen LogP contribution in [-0.2, 0) is 4.79 Å². The maximum atomic E-state index is 10.7. The fourth-order valence-electron chi connectivity index (χ4n) is 0.415. The van der Waals surface area contributed by atoms with Crippen LogP contribution < -0.4 is 0 Å². The molecule has 0 heterocycles. The SMILES string of the molecule is C#C/C(C)=C/C=C(\C)C(C)=O. The molecule has 0 N–H and O–H groups in total. The molecule has 0 saturated carbocycles. The Labute approximate surface area is 67.8 Å². The van der Waals surface area contributed by atoms with Crippen LogP contribution in [0.3, 0.4) is 0 Å². The number of ketones is 1. The molecule has 0 amide bonds. The maximum absolute atomic E-state index is 10.7. The van der Waals surface area contributed by atoms with Gasteiger partial charge in [-0.1, -0.05) is 18.1 Å². The Morgan fingerprint density at radius 3 is 2.18 bits per heavy atom. The van der Waals surface area contributed by atoms with Gasteiger partial charge in [-0.2, -0.15) is 0 Å². The first-order valence-electron chi connectivity index (χ1n) is 3.40. The van der Waals surface area contributed by atoms with Gasteiger partial charge in [-0.3, -0.25) is 4.79 Å². The van der Waals surface area contributed by atoms with Crippen LogP contribution in [0.15, 0.2) is 23.3 Å². The third-order valence-corrected chi connectivity index (χ3v) is 1.37. The predicted molar refractivity (Wildman–Crippen MR) is 47.0 cm³/mol. The Hall–Kier alpha value is -1.29. The molecule has 1 nitrogen and oxygen atoms in total. The van der Waals surface area contributed by atoms with Gasteiger partial charge in [-0.25, -0.2) is 0 Å². The topological polar surface area (TPSA) is 17.1 Å². The molecule has 0 rings (SSSR count). The normalized spacial score (nSPS) is 12.5. The largest absolute Gasteiger partial charge is 0.295 e. The van der Waals surface area contributed by atoms with E-state index in [4.69, 9.17) is 6.42 Å². The Kier molecular flexibility index (Phi) is 3.98. The van der Waals surface area contributed by atoms with Crippen LogP contribution in [0.25, 0.3) is 0 Å². The summed E-state index contributed by atoms with van der Waals surface area (Å²) in [5.41, 5.74) is 1.55. The van der Waals surface area contributed by atoms with E-state index in [1.165, 1.54) is 6.92 Å². The van der Waals surface area contributed by atoms with Crippen molar-refractivity contribution in [1.29, 1.82) is 0 Å². The van der Waals surface area contributed by atoms with Gasteiger partial charge in [0.25, 0.3) is 0 Å². The number of terminal acetylenes is 1. The zero-order chi connectivity index (χ0) is 8.85. The van der Waals surface area contributed by atoms with Crippen molar-refractivity contribution in [3.63, 3.8) is 0 Å². The highest BCUT2D eigenvalue weighted by Crippen LogP contribution is 1.97. The minimum atomic E-state index is 0.0751. The van der Waals surface area contributed by atoms with Crippen molar-refractivity contribution < 1.29 is 4.79 Å². The zero-order valence-corrected chi connectivity index (χ0v) is 7.14. The molecular formula is C10H12O. The van der Waals surface area contributed by atoms with E-state index in [0.29, 0.717) is 0 Å². The molecule has 0 unspecified atom stereocenters. The number of carbonyl (C=O) groups is 1. The molecule has 0 fully saturated rings. The van der Waals surface area contributed by atoms with Gasteiger partial charge >= 0.3 is 0 Å². The zero-order valence-electron chi connectivity index (χ0n) is 7.14. The first-order valence-corrected chi connectivity index (χ1v) is 3.40. The van der Waals surface area contributed by atoms with Crippen LogP contribution in [0.2, 0.25) is 0 Å². The summed E-state index contributed by atoms with van der Waals surface area (Å²) in [6, 6.07) is 0. The van der Waals surface area contributed by atoms with Crippen molar-refractivity contribution in [2.45, 2.75) is 20.8 Å². The summed E-state index contributed by atoms with van der Waals surface area (Å²) in [6.45, 7) is 5.12. The lowest BCUT2D eigenvalue weighted by Crippen LogP contribution is -1.89. The standard InChI is InChI=1S/C10H12O/c1-5-8(2)6-7-9(3)10(4)11/h1,6-7H,2-4H3/b8-6+,9-7+. The second-order valence-corrected chi connectivity index (χ2v) is 2.40. The van der Waals surface area contributed by atoms with E-state index in [1.807, 2.05) is 6.92 Å². The Morgan fingerprint density at radius 1 is 1.27 bits per heavy atom. The molecule has 0 bridgehead atoms. The second-order valence-electron chi connectivity index (χ2n) is 2.40. The van der Waals surface area contributed by atoms with E-state index in [-0.39, 0.29) is 5.78 Å². The highest BCUT2D eigenvalue weighted by Gasteiger charge is 1.91. The van der Waals surface area contributed by atoms with Crippen molar-refractivity contribution in [1.82, 2.24) is 0 Å². The molecule has 0 radical (unpaired) electrons. The molecule has 0 saturated heterocycles. The van der Waals surface area contributed by atoms with Crippen LogP contribution in [0.5, 0.6) is 0 Å². The van der Waals surface area contributed by atoms with Crippen LogP contribution >= 0.6 is 0 Å². The molecule has 0 atom stereocenters. The third kappa shape index (κ3) is 4.16. The highest BCUT2D eigenvalue weighted by molar-refractivity contribution is 5.92. The summed E-state index contributed by atoms with van der Waals surface area (Å²) >= 11 is 0. The molecule has 1 heteroatoms. The lowest BCUT2D eigenvalue weighted by atomic mass is 10.2. The summed E-state index contributed by atoms with van der Waals surface area (Å²) < 4.78 is 0. The van der Waals surface area contributed by atoms with Crippen LogP contribution in [-0.4, -0.2) is 5.78 Å². The lowest BCUT2D eigenvalue weighted by Gasteiger charge is -1.89.